The lowest BCUT2D eigenvalue weighted by Gasteiger charge is -2.38. The SMILES string of the molecule is C[C@@H]1COCCN1c1cc(N2C3CCC2COC3)nc2c1c(C1CC1)nn2-c1ccn(C2CCCCO2)n1. The van der Waals surface area contributed by atoms with Crippen LogP contribution in [0.1, 0.15) is 69.7 Å². The highest BCUT2D eigenvalue weighted by molar-refractivity contribution is 5.95. The van der Waals surface area contributed by atoms with E-state index in [1.807, 2.05) is 15.6 Å². The summed E-state index contributed by atoms with van der Waals surface area (Å²) in [4.78, 5) is 10.4. The van der Waals surface area contributed by atoms with Crippen LogP contribution in [-0.2, 0) is 14.2 Å². The fourth-order valence-electron chi connectivity index (χ4n) is 6.89. The second kappa shape index (κ2) is 9.20. The molecule has 0 N–H and O–H groups in total. The molecule has 4 aliphatic heterocycles. The van der Waals surface area contributed by atoms with E-state index in [-0.39, 0.29) is 6.23 Å². The number of aromatic nitrogens is 5. The van der Waals surface area contributed by atoms with Crippen molar-refractivity contribution in [3.8, 4) is 5.82 Å². The van der Waals surface area contributed by atoms with Gasteiger partial charge >= 0.3 is 0 Å². The molecule has 2 bridgehead atoms. The number of nitrogens with zero attached hydrogens (tertiary/aromatic N) is 7. The van der Waals surface area contributed by atoms with E-state index >= 15 is 0 Å². The predicted octanol–water partition coefficient (Wildman–Crippen LogP) is 3.79. The van der Waals surface area contributed by atoms with Crippen molar-refractivity contribution in [1.82, 2.24) is 24.5 Å². The van der Waals surface area contributed by atoms with E-state index in [0.717, 1.165) is 82.5 Å². The molecule has 4 saturated heterocycles. The molecule has 5 aliphatic rings. The third-order valence-electron chi connectivity index (χ3n) is 9.04. The van der Waals surface area contributed by atoms with Crippen LogP contribution in [0.3, 0.4) is 0 Å². The number of rotatable bonds is 5. The molecule has 3 unspecified atom stereocenters. The van der Waals surface area contributed by atoms with Crippen molar-refractivity contribution in [3.63, 3.8) is 0 Å². The Balaban J connectivity index is 1.30. The summed E-state index contributed by atoms with van der Waals surface area (Å²) in [6.45, 7) is 6.96. The summed E-state index contributed by atoms with van der Waals surface area (Å²) < 4.78 is 21.7. The number of ether oxygens (including phenoxy) is 3. The third-order valence-corrected chi connectivity index (χ3v) is 9.04. The van der Waals surface area contributed by atoms with Crippen molar-refractivity contribution < 1.29 is 14.2 Å². The standard InChI is InChI=1S/C28H37N7O3/c1-18-15-36-13-11-32(18)22-14-24(34-20-7-8-21(34)17-37-16-20)29-28-26(22)27(19-5-6-19)31-35(28)23-9-10-33(30-23)25-4-2-3-12-38-25/h9-10,14,18-21,25H,2-8,11-13,15-17H2,1H3/t18-,20?,21?,25?/m1/s1. The fraction of sp³-hybridized carbons (Fsp3) is 0.679. The Kier molecular flexibility index (Phi) is 5.62. The Labute approximate surface area is 222 Å². The number of hydrogen-bond acceptors (Lipinski definition) is 8. The van der Waals surface area contributed by atoms with E-state index in [2.05, 4.69) is 28.9 Å². The first-order valence-corrected chi connectivity index (χ1v) is 14.6. The maximum absolute atomic E-state index is 6.01. The zero-order valence-corrected chi connectivity index (χ0v) is 22.2. The summed E-state index contributed by atoms with van der Waals surface area (Å²) in [6, 6.07) is 5.46. The minimum atomic E-state index is -0.000478. The molecule has 3 aromatic rings. The van der Waals surface area contributed by atoms with Gasteiger partial charge in [-0.25, -0.2) is 9.67 Å². The highest BCUT2D eigenvalue weighted by Gasteiger charge is 2.40. The summed E-state index contributed by atoms with van der Waals surface area (Å²) in [7, 11) is 0. The van der Waals surface area contributed by atoms with Gasteiger partial charge in [0.25, 0.3) is 0 Å². The fourth-order valence-corrected chi connectivity index (χ4v) is 6.89. The number of hydrogen-bond donors (Lipinski definition) is 0. The topological polar surface area (TPSA) is 82.7 Å². The lowest BCUT2D eigenvalue weighted by molar-refractivity contribution is -0.0395. The van der Waals surface area contributed by atoms with Gasteiger partial charge in [0.15, 0.2) is 11.5 Å². The van der Waals surface area contributed by atoms with Gasteiger partial charge in [0.1, 0.15) is 12.0 Å². The van der Waals surface area contributed by atoms with Crippen LogP contribution >= 0.6 is 0 Å². The van der Waals surface area contributed by atoms with E-state index in [9.17, 15) is 0 Å². The maximum Gasteiger partial charge on any atom is 0.177 e. The van der Waals surface area contributed by atoms with Crippen molar-refractivity contribution in [2.75, 3.05) is 49.4 Å². The molecule has 1 aliphatic carbocycles. The lowest BCUT2D eigenvalue weighted by atomic mass is 10.1. The molecule has 0 aromatic carbocycles. The Morgan fingerprint density at radius 1 is 0.895 bits per heavy atom. The van der Waals surface area contributed by atoms with Crippen molar-refractivity contribution >= 4 is 22.5 Å². The van der Waals surface area contributed by atoms with Gasteiger partial charge in [0.2, 0.25) is 0 Å². The van der Waals surface area contributed by atoms with E-state index in [4.69, 9.17) is 29.4 Å². The summed E-state index contributed by atoms with van der Waals surface area (Å²) >= 11 is 0. The molecule has 10 nitrogen and oxygen atoms in total. The quantitative estimate of drug-likeness (QED) is 0.504. The Bertz CT molecular complexity index is 1310. The van der Waals surface area contributed by atoms with Gasteiger partial charge in [0.05, 0.1) is 55.3 Å². The molecule has 202 valence electrons. The molecule has 1 saturated carbocycles. The average Bonchev–Trinajstić information content (AvgIpc) is 3.46. The monoisotopic (exact) mass is 519 g/mol. The van der Waals surface area contributed by atoms with Crippen LogP contribution in [0.25, 0.3) is 16.9 Å². The summed E-state index contributed by atoms with van der Waals surface area (Å²) in [5.74, 6) is 2.34. The number of fused-ring (bicyclic) bond motifs is 3. The first-order chi connectivity index (χ1) is 18.7. The van der Waals surface area contributed by atoms with Crippen LogP contribution < -0.4 is 9.80 Å². The number of pyridine rings is 1. The Hall–Kier alpha value is -2.69. The highest BCUT2D eigenvalue weighted by atomic mass is 16.5. The van der Waals surface area contributed by atoms with Gasteiger partial charge in [-0.05, 0) is 51.9 Å². The van der Waals surface area contributed by atoms with E-state index in [1.54, 1.807) is 0 Å². The molecule has 0 radical (unpaired) electrons. The average molecular weight is 520 g/mol. The van der Waals surface area contributed by atoms with Crippen LogP contribution in [0.4, 0.5) is 11.5 Å². The molecular formula is C28H37N7O3. The van der Waals surface area contributed by atoms with Gasteiger partial charge < -0.3 is 24.0 Å². The van der Waals surface area contributed by atoms with Crippen LogP contribution in [0.5, 0.6) is 0 Å². The zero-order valence-electron chi connectivity index (χ0n) is 22.2. The van der Waals surface area contributed by atoms with Gasteiger partial charge in [-0.15, -0.1) is 0 Å². The van der Waals surface area contributed by atoms with Gasteiger partial charge in [-0.2, -0.15) is 14.9 Å². The molecule has 4 atom stereocenters. The summed E-state index contributed by atoms with van der Waals surface area (Å²) in [5, 5.41) is 11.4. The van der Waals surface area contributed by atoms with Crippen LogP contribution in [0.15, 0.2) is 18.3 Å². The largest absolute Gasteiger partial charge is 0.377 e. The molecule has 0 amide bonds. The van der Waals surface area contributed by atoms with Crippen LogP contribution in [0.2, 0.25) is 0 Å². The van der Waals surface area contributed by atoms with Gasteiger partial charge in [0, 0.05) is 43.4 Å². The molecule has 8 rings (SSSR count). The normalized spacial score (nSPS) is 29.9. The first-order valence-electron chi connectivity index (χ1n) is 14.6. The minimum absolute atomic E-state index is 0.000478. The minimum Gasteiger partial charge on any atom is -0.377 e. The zero-order chi connectivity index (χ0) is 25.2. The van der Waals surface area contributed by atoms with Gasteiger partial charge in [-0.3, -0.25) is 0 Å². The molecule has 7 heterocycles. The van der Waals surface area contributed by atoms with E-state index in [1.165, 1.54) is 36.0 Å². The summed E-state index contributed by atoms with van der Waals surface area (Å²) in [6.07, 6.45) is 10.0. The molecule has 10 heteroatoms. The molecule has 5 fully saturated rings. The third kappa shape index (κ3) is 3.83. The van der Waals surface area contributed by atoms with Crippen molar-refractivity contribution in [3.05, 3.63) is 24.0 Å². The second-order valence-corrected chi connectivity index (χ2v) is 11.7. The molecule has 3 aromatic heterocycles. The van der Waals surface area contributed by atoms with Crippen molar-refractivity contribution in [1.29, 1.82) is 0 Å². The lowest BCUT2D eigenvalue weighted by Crippen LogP contribution is -2.47. The van der Waals surface area contributed by atoms with Crippen molar-refractivity contribution in [2.24, 2.45) is 0 Å². The first kappa shape index (κ1) is 23.2. The molecule has 0 spiro atoms. The Morgan fingerprint density at radius 2 is 1.76 bits per heavy atom. The summed E-state index contributed by atoms with van der Waals surface area (Å²) in [5.41, 5.74) is 3.33. The smallest absolute Gasteiger partial charge is 0.177 e. The molecule has 38 heavy (non-hydrogen) atoms. The number of morpholine rings is 2. The Morgan fingerprint density at radius 3 is 2.53 bits per heavy atom. The van der Waals surface area contributed by atoms with E-state index < -0.39 is 0 Å². The van der Waals surface area contributed by atoms with Crippen LogP contribution in [-0.4, -0.2) is 82.2 Å². The predicted molar refractivity (Wildman–Crippen MR) is 143 cm³/mol. The maximum atomic E-state index is 6.01. The second-order valence-electron chi connectivity index (χ2n) is 11.7. The highest BCUT2D eigenvalue weighted by Crippen LogP contribution is 2.47. The van der Waals surface area contributed by atoms with Crippen LogP contribution in [0, 0.1) is 0 Å². The van der Waals surface area contributed by atoms with E-state index in [0.29, 0.717) is 24.0 Å². The number of anilines is 2. The molecular weight excluding hydrogens is 482 g/mol. The van der Waals surface area contributed by atoms with Gasteiger partial charge in [-0.1, -0.05) is 0 Å². The van der Waals surface area contributed by atoms with Crippen molar-refractivity contribution in [2.45, 2.75) is 82.1 Å².